The van der Waals surface area contributed by atoms with Crippen LogP contribution in [0.4, 0.5) is 5.13 Å². The highest BCUT2D eigenvalue weighted by Crippen LogP contribution is 2.19. The van der Waals surface area contributed by atoms with Crippen LogP contribution in [-0.4, -0.2) is 20.4 Å². The fourth-order valence-electron chi connectivity index (χ4n) is 2.96. The van der Waals surface area contributed by atoms with Crippen LogP contribution in [0.2, 0.25) is 0 Å². The van der Waals surface area contributed by atoms with Gasteiger partial charge in [0.2, 0.25) is 0 Å². The zero-order chi connectivity index (χ0) is 19.2. The summed E-state index contributed by atoms with van der Waals surface area (Å²) in [7, 11) is 0. The Morgan fingerprint density at radius 3 is 2.93 bits per heavy atom. The number of amides is 1. The number of aromatic nitrogens is 3. The lowest BCUT2D eigenvalue weighted by atomic mass is 10.1. The van der Waals surface area contributed by atoms with Gasteiger partial charge >= 0.3 is 0 Å². The minimum Gasteiger partial charge on any atom is -0.339 e. The molecule has 1 amide bonds. The van der Waals surface area contributed by atoms with Crippen molar-refractivity contribution in [3.8, 4) is 0 Å². The van der Waals surface area contributed by atoms with Crippen LogP contribution in [0.3, 0.4) is 0 Å². The maximum atomic E-state index is 12.7. The van der Waals surface area contributed by atoms with Gasteiger partial charge in [0.1, 0.15) is 5.69 Å². The highest BCUT2D eigenvalue weighted by molar-refractivity contribution is 7.14. The standard InChI is InChI=1S/C22H20N4OS/c27-21(20-7-4-14-26(20)15-18-10-12-23-13-11-18)25-22-24-19(16-28-22)9-8-17-5-2-1-3-6-17/h2,4-14,16H,1,3,15H2,(H,24,25,27)/b9-8+. The molecule has 0 spiro atoms. The van der Waals surface area contributed by atoms with Gasteiger partial charge in [0.25, 0.3) is 5.91 Å². The molecule has 1 aliphatic rings. The fourth-order valence-corrected chi connectivity index (χ4v) is 3.64. The molecule has 0 saturated carbocycles. The summed E-state index contributed by atoms with van der Waals surface area (Å²) in [5.41, 5.74) is 3.72. The quantitative estimate of drug-likeness (QED) is 0.651. The van der Waals surface area contributed by atoms with Crippen molar-refractivity contribution in [2.45, 2.75) is 19.4 Å². The molecule has 5 nitrogen and oxygen atoms in total. The zero-order valence-corrected chi connectivity index (χ0v) is 16.1. The Morgan fingerprint density at radius 1 is 1.21 bits per heavy atom. The van der Waals surface area contributed by atoms with Crippen molar-refractivity contribution in [2.75, 3.05) is 5.32 Å². The summed E-state index contributed by atoms with van der Waals surface area (Å²) in [5, 5.41) is 5.43. The van der Waals surface area contributed by atoms with Crippen LogP contribution >= 0.6 is 11.3 Å². The molecule has 0 unspecified atom stereocenters. The summed E-state index contributed by atoms with van der Waals surface area (Å²) in [6, 6.07) is 7.57. The smallest absolute Gasteiger partial charge is 0.274 e. The second kappa shape index (κ2) is 8.63. The van der Waals surface area contributed by atoms with E-state index >= 15 is 0 Å². The number of nitrogens with zero attached hydrogens (tertiary/aromatic N) is 3. The summed E-state index contributed by atoms with van der Waals surface area (Å²) >= 11 is 1.42. The number of hydrogen-bond acceptors (Lipinski definition) is 4. The molecule has 0 radical (unpaired) electrons. The molecule has 0 aliphatic heterocycles. The summed E-state index contributed by atoms with van der Waals surface area (Å²) in [4.78, 5) is 21.2. The number of allylic oxidation sites excluding steroid dienone is 5. The summed E-state index contributed by atoms with van der Waals surface area (Å²) in [6.07, 6.45) is 18.1. The van der Waals surface area contributed by atoms with Crippen molar-refractivity contribution in [1.82, 2.24) is 14.5 Å². The van der Waals surface area contributed by atoms with Crippen LogP contribution < -0.4 is 5.32 Å². The van der Waals surface area contributed by atoms with Crippen LogP contribution in [0.5, 0.6) is 0 Å². The van der Waals surface area contributed by atoms with Crippen LogP contribution in [-0.2, 0) is 6.54 Å². The van der Waals surface area contributed by atoms with Gasteiger partial charge in [-0.25, -0.2) is 4.98 Å². The number of anilines is 1. The van der Waals surface area contributed by atoms with E-state index in [1.54, 1.807) is 12.4 Å². The van der Waals surface area contributed by atoms with Gasteiger partial charge in [-0.3, -0.25) is 15.1 Å². The highest BCUT2D eigenvalue weighted by atomic mass is 32.1. The third-order valence-corrected chi connectivity index (χ3v) is 5.15. The van der Waals surface area contributed by atoms with E-state index in [2.05, 4.69) is 39.6 Å². The van der Waals surface area contributed by atoms with E-state index in [1.165, 1.54) is 16.9 Å². The highest BCUT2D eigenvalue weighted by Gasteiger charge is 2.13. The normalized spacial score (nSPS) is 13.6. The second-order valence-corrected chi connectivity index (χ2v) is 7.28. The van der Waals surface area contributed by atoms with Crippen molar-refractivity contribution in [3.05, 3.63) is 95.1 Å². The summed E-state index contributed by atoms with van der Waals surface area (Å²) in [6.45, 7) is 0.618. The number of thiazole rings is 1. The van der Waals surface area contributed by atoms with Gasteiger partial charge < -0.3 is 4.57 Å². The Balaban J connectivity index is 1.41. The van der Waals surface area contributed by atoms with Crippen LogP contribution in [0.1, 0.15) is 34.6 Å². The van der Waals surface area contributed by atoms with Gasteiger partial charge in [-0.1, -0.05) is 24.3 Å². The predicted molar refractivity (Wildman–Crippen MR) is 113 cm³/mol. The Hall–Kier alpha value is -3.25. The number of rotatable bonds is 6. The molecule has 0 atom stereocenters. The van der Waals surface area contributed by atoms with E-state index in [1.807, 2.05) is 46.5 Å². The van der Waals surface area contributed by atoms with E-state index in [0.717, 1.165) is 24.1 Å². The molecule has 1 N–H and O–H groups in total. The summed E-state index contributed by atoms with van der Waals surface area (Å²) < 4.78 is 1.92. The zero-order valence-electron chi connectivity index (χ0n) is 15.3. The topological polar surface area (TPSA) is 59.8 Å². The van der Waals surface area contributed by atoms with Gasteiger partial charge in [0.15, 0.2) is 5.13 Å². The number of carbonyl (C=O) groups excluding carboxylic acids is 1. The Labute approximate surface area is 167 Å². The van der Waals surface area contributed by atoms with E-state index in [4.69, 9.17) is 0 Å². The van der Waals surface area contributed by atoms with Crippen molar-refractivity contribution < 1.29 is 4.79 Å². The average Bonchev–Trinajstić information content (AvgIpc) is 3.37. The number of hydrogen-bond donors (Lipinski definition) is 1. The van der Waals surface area contributed by atoms with Gasteiger partial charge in [0.05, 0.1) is 5.69 Å². The van der Waals surface area contributed by atoms with Crippen LogP contribution in [0, 0.1) is 0 Å². The van der Waals surface area contributed by atoms with Crippen molar-refractivity contribution in [2.24, 2.45) is 0 Å². The Bertz CT molecular complexity index is 1040. The first-order valence-electron chi connectivity index (χ1n) is 9.14. The molecular weight excluding hydrogens is 368 g/mol. The maximum absolute atomic E-state index is 12.7. The summed E-state index contributed by atoms with van der Waals surface area (Å²) in [5.74, 6) is -0.165. The van der Waals surface area contributed by atoms with Gasteiger partial charge in [-0.15, -0.1) is 11.3 Å². The molecule has 28 heavy (non-hydrogen) atoms. The third-order valence-electron chi connectivity index (χ3n) is 4.38. The van der Waals surface area contributed by atoms with Gasteiger partial charge in [-0.05, 0) is 54.3 Å². The number of carbonyl (C=O) groups is 1. The number of pyridine rings is 1. The minimum atomic E-state index is -0.165. The van der Waals surface area contributed by atoms with E-state index in [0.29, 0.717) is 17.4 Å². The minimum absolute atomic E-state index is 0.165. The van der Waals surface area contributed by atoms with Crippen molar-refractivity contribution in [3.63, 3.8) is 0 Å². The maximum Gasteiger partial charge on any atom is 0.274 e. The number of nitrogens with one attached hydrogen (secondary N) is 1. The lowest BCUT2D eigenvalue weighted by molar-refractivity contribution is 0.101. The molecule has 6 heteroatoms. The third kappa shape index (κ3) is 4.53. The van der Waals surface area contributed by atoms with Crippen LogP contribution in [0.15, 0.2) is 78.1 Å². The molecule has 0 saturated heterocycles. The van der Waals surface area contributed by atoms with Crippen molar-refractivity contribution in [1.29, 1.82) is 0 Å². The second-order valence-electron chi connectivity index (χ2n) is 6.43. The van der Waals surface area contributed by atoms with Crippen LogP contribution in [0.25, 0.3) is 6.08 Å². The lowest BCUT2D eigenvalue weighted by Crippen LogP contribution is -2.17. The first kappa shape index (κ1) is 18.1. The molecule has 3 heterocycles. The molecule has 3 aromatic rings. The average molecular weight is 388 g/mol. The molecule has 4 rings (SSSR count). The SMILES string of the molecule is O=C(Nc1nc(/C=C/C2=CCCC=C2)cs1)c1cccn1Cc1ccncc1. The Morgan fingerprint density at radius 2 is 2.11 bits per heavy atom. The van der Waals surface area contributed by atoms with Gasteiger partial charge in [0, 0.05) is 30.5 Å². The fraction of sp³-hybridized carbons (Fsp3) is 0.136. The van der Waals surface area contributed by atoms with Crippen molar-refractivity contribution >= 4 is 28.5 Å². The first-order valence-corrected chi connectivity index (χ1v) is 10.0. The van der Waals surface area contributed by atoms with E-state index < -0.39 is 0 Å². The molecular formula is C22H20N4OS. The molecule has 3 aromatic heterocycles. The lowest BCUT2D eigenvalue weighted by Gasteiger charge is -2.08. The van der Waals surface area contributed by atoms with Gasteiger partial charge in [-0.2, -0.15) is 0 Å². The monoisotopic (exact) mass is 388 g/mol. The molecule has 1 aliphatic carbocycles. The van der Waals surface area contributed by atoms with E-state index in [-0.39, 0.29) is 5.91 Å². The Kier molecular flexibility index (Phi) is 5.58. The largest absolute Gasteiger partial charge is 0.339 e. The predicted octanol–water partition coefficient (Wildman–Crippen LogP) is 4.93. The molecule has 0 bridgehead atoms. The molecule has 0 fully saturated rings. The van der Waals surface area contributed by atoms with E-state index in [9.17, 15) is 4.79 Å². The molecule has 0 aromatic carbocycles. The first-order chi connectivity index (χ1) is 13.8. The molecule has 140 valence electrons.